The number of nitrogens with two attached hydrogens (primary N) is 1. The van der Waals surface area contributed by atoms with Crippen molar-refractivity contribution in [1.29, 1.82) is 0 Å². The molecule has 0 bridgehead atoms. The summed E-state index contributed by atoms with van der Waals surface area (Å²) in [4.78, 5) is 0. The smallest absolute Gasteiger partial charge is 0.133 e. The largest absolute Gasteiger partial charge is 0.506 e. The molecule has 19 heavy (non-hydrogen) atoms. The first-order valence-electron chi connectivity index (χ1n) is 7.13. The molecule has 2 nitrogen and oxygen atoms in total. The number of benzene rings is 1. The molecule has 0 spiro atoms. The first-order valence-corrected chi connectivity index (χ1v) is 7.92. The second-order valence-corrected chi connectivity index (χ2v) is 6.75. The van der Waals surface area contributed by atoms with Gasteiger partial charge in [0.05, 0.1) is 4.47 Å². The lowest BCUT2D eigenvalue weighted by atomic mass is 9.66. The van der Waals surface area contributed by atoms with Crippen molar-refractivity contribution >= 4 is 15.9 Å². The predicted molar refractivity (Wildman–Crippen MR) is 83.8 cm³/mol. The van der Waals surface area contributed by atoms with Crippen molar-refractivity contribution in [2.75, 3.05) is 6.54 Å². The van der Waals surface area contributed by atoms with E-state index in [1.54, 1.807) is 0 Å². The van der Waals surface area contributed by atoms with E-state index in [1.165, 1.54) is 43.2 Å². The molecular weight excluding hydrogens is 302 g/mol. The molecule has 0 unspecified atom stereocenters. The summed E-state index contributed by atoms with van der Waals surface area (Å²) in [5.74, 6) is 0.377. The number of halogens is 1. The fourth-order valence-electron chi connectivity index (χ4n) is 3.68. The molecule has 0 amide bonds. The Hall–Kier alpha value is -0.540. The normalized spacial score (nSPS) is 18.6. The molecule has 1 aliphatic carbocycles. The number of phenols is 1. The van der Waals surface area contributed by atoms with Crippen LogP contribution >= 0.6 is 15.9 Å². The van der Waals surface area contributed by atoms with E-state index >= 15 is 0 Å². The lowest BCUT2D eigenvalue weighted by Crippen LogP contribution is -2.38. The molecule has 0 heterocycles. The molecular formula is C16H24BrNO. The molecule has 0 aromatic heterocycles. The van der Waals surface area contributed by atoms with E-state index in [4.69, 9.17) is 5.73 Å². The van der Waals surface area contributed by atoms with Crippen LogP contribution in [0.4, 0.5) is 0 Å². The van der Waals surface area contributed by atoms with Crippen molar-refractivity contribution in [2.24, 2.45) is 5.73 Å². The van der Waals surface area contributed by atoms with Crippen LogP contribution in [0.3, 0.4) is 0 Å². The summed E-state index contributed by atoms with van der Waals surface area (Å²) in [6.07, 6.45) is 6.17. The third-order valence-corrected chi connectivity index (χ3v) is 5.91. The summed E-state index contributed by atoms with van der Waals surface area (Å²) in [6, 6.07) is 0. The molecule has 106 valence electrons. The first-order chi connectivity index (χ1) is 8.94. The maximum Gasteiger partial charge on any atom is 0.133 e. The zero-order valence-corrected chi connectivity index (χ0v) is 13.7. The molecule has 1 saturated carbocycles. The Kier molecular flexibility index (Phi) is 4.26. The van der Waals surface area contributed by atoms with E-state index in [0.717, 1.165) is 15.6 Å². The van der Waals surface area contributed by atoms with Gasteiger partial charge in [-0.2, -0.15) is 0 Å². The van der Waals surface area contributed by atoms with Gasteiger partial charge in [-0.25, -0.2) is 0 Å². The molecule has 1 fully saturated rings. The van der Waals surface area contributed by atoms with Gasteiger partial charge < -0.3 is 10.8 Å². The van der Waals surface area contributed by atoms with Crippen LogP contribution < -0.4 is 5.73 Å². The van der Waals surface area contributed by atoms with E-state index in [9.17, 15) is 5.11 Å². The van der Waals surface area contributed by atoms with Gasteiger partial charge in [0.1, 0.15) is 5.75 Å². The number of hydrogen-bond acceptors (Lipinski definition) is 2. The standard InChI is InChI=1S/C16H24BrNO/c1-10-11(2)15(19)14(17)12(3)13(10)16(9-18)7-5-4-6-8-16/h19H,4-9,18H2,1-3H3. The zero-order valence-electron chi connectivity index (χ0n) is 12.1. The van der Waals surface area contributed by atoms with Crippen molar-refractivity contribution in [1.82, 2.24) is 0 Å². The minimum absolute atomic E-state index is 0.105. The Morgan fingerprint density at radius 1 is 1.05 bits per heavy atom. The number of rotatable bonds is 2. The fraction of sp³-hybridized carbons (Fsp3) is 0.625. The molecule has 1 aliphatic rings. The quantitative estimate of drug-likeness (QED) is 0.854. The van der Waals surface area contributed by atoms with Gasteiger partial charge in [-0.3, -0.25) is 0 Å². The van der Waals surface area contributed by atoms with E-state index in [2.05, 4.69) is 29.8 Å². The lowest BCUT2D eigenvalue weighted by molar-refractivity contribution is 0.297. The van der Waals surface area contributed by atoms with Crippen LogP contribution in [0.1, 0.15) is 54.4 Å². The van der Waals surface area contributed by atoms with Crippen LogP contribution in [0.5, 0.6) is 5.75 Å². The van der Waals surface area contributed by atoms with Crippen LogP contribution in [-0.4, -0.2) is 11.7 Å². The van der Waals surface area contributed by atoms with Gasteiger partial charge in [-0.1, -0.05) is 19.3 Å². The summed E-state index contributed by atoms with van der Waals surface area (Å²) in [6.45, 7) is 6.91. The third-order valence-electron chi connectivity index (χ3n) is 4.94. The molecule has 1 aromatic rings. The summed E-state index contributed by atoms with van der Waals surface area (Å²) in [5, 5.41) is 10.2. The lowest BCUT2D eigenvalue weighted by Gasteiger charge is -2.40. The van der Waals surface area contributed by atoms with Crippen LogP contribution in [-0.2, 0) is 5.41 Å². The van der Waals surface area contributed by atoms with Crippen LogP contribution in [0.25, 0.3) is 0 Å². The van der Waals surface area contributed by atoms with Gasteiger partial charge >= 0.3 is 0 Å². The highest BCUT2D eigenvalue weighted by molar-refractivity contribution is 9.10. The minimum Gasteiger partial charge on any atom is -0.506 e. The Bertz CT molecular complexity index is 461. The number of phenolic OH excluding ortho intramolecular Hbond substituents is 1. The highest BCUT2D eigenvalue weighted by Crippen LogP contribution is 2.46. The maximum atomic E-state index is 10.2. The third kappa shape index (κ3) is 2.31. The van der Waals surface area contributed by atoms with Crippen molar-refractivity contribution in [2.45, 2.75) is 58.3 Å². The minimum atomic E-state index is 0.105. The average molecular weight is 326 g/mol. The maximum absolute atomic E-state index is 10.2. The molecule has 0 radical (unpaired) electrons. The van der Waals surface area contributed by atoms with E-state index in [1.807, 2.05) is 6.92 Å². The molecule has 3 heteroatoms. The van der Waals surface area contributed by atoms with Crippen molar-refractivity contribution < 1.29 is 5.11 Å². The van der Waals surface area contributed by atoms with E-state index in [-0.39, 0.29) is 5.41 Å². The summed E-state index contributed by atoms with van der Waals surface area (Å²) in [7, 11) is 0. The van der Waals surface area contributed by atoms with Gasteiger partial charge in [0.25, 0.3) is 0 Å². The van der Waals surface area contributed by atoms with Crippen molar-refractivity contribution in [3.8, 4) is 5.75 Å². The molecule has 0 atom stereocenters. The van der Waals surface area contributed by atoms with Gasteiger partial charge in [0, 0.05) is 12.0 Å². The predicted octanol–water partition coefficient (Wildman–Crippen LogP) is 4.24. The molecule has 0 saturated heterocycles. The SMILES string of the molecule is Cc1c(C)c(C2(CN)CCCCC2)c(C)c(Br)c1O. The summed E-state index contributed by atoms with van der Waals surface area (Å²) < 4.78 is 0.837. The van der Waals surface area contributed by atoms with Crippen LogP contribution in [0.2, 0.25) is 0 Å². The Balaban J connectivity index is 2.67. The summed E-state index contributed by atoms with van der Waals surface area (Å²) in [5.41, 5.74) is 11.0. The molecule has 0 aliphatic heterocycles. The highest BCUT2D eigenvalue weighted by atomic mass is 79.9. The van der Waals surface area contributed by atoms with Crippen LogP contribution in [0.15, 0.2) is 4.47 Å². The van der Waals surface area contributed by atoms with Crippen molar-refractivity contribution in [3.05, 3.63) is 26.7 Å². The number of aromatic hydroxyl groups is 1. The molecule has 1 aromatic carbocycles. The second-order valence-electron chi connectivity index (χ2n) is 5.96. The molecule has 3 N–H and O–H groups in total. The average Bonchev–Trinajstić information content (AvgIpc) is 2.44. The van der Waals surface area contributed by atoms with Crippen molar-refractivity contribution in [3.63, 3.8) is 0 Å². The van der Waals surface area contributed by atoms with Gasteiger partial charge in [-0.05, 0) is 71.8 Å². The monoisotopic (exact) mass is 325 g/mol. The Morgan fingerprint density at radius 3 is 2.16 bits per heavy atom. The Labute approximate surface area is 124 Å². The zero-order chi connectivity index (χ0) is 14.2. The first kappa shape index (κ1) is 14.9. The summed E-state index contributed by atoms with van der Waals surface area (Å²) >= 11 is 3.54. The van der Waals surface area contributed by atoms with Gasteiger partial charge in [-0.15, -0.1) is 0 Å². The topological polar surface area (TPSA) is 46.2 Å². The number of hydrogen-bond donors (Lipinski definition) is 2. The van der Waals surface area contributed by atoms with Crippen LogP contribution in [0, 0.1) is 20.8 Å². The highest BCUT2D eigenvalue weighted by Gasteiger charge is 2.36. The molecule has 2 rings (SSSR count). The van der Waals surface area contributed by atoms with E-state index in [0.29, 0.717) is 12.3 Å². The van der Waals surface area contributed by atoms with E-state index < -0.39 is 0 Å². The fourth-order valence-corrected chi connectivity index (χ4v) is 4.17. The van der Waals surface area contributed by atoms with Gasteiger partial charge in [0.15, 0.2) is 0 Å². The Morgan fingerprint density at radius 2 is 1.63 bits per heavy atom. The second kappa shape index (κ2) is 5.45. The van der Waals surface area contributed by atoms with Gasteiger partial charge in [0.2, 0.25) is 0 Å².